The minimum atomic E-state index is -1.22. The molecule has 51 heavy (non-hydrogen) atoms. The molecular formula is C48H32N2S. The molecule has 0 spiro atoms. The van der Waals surface area contributed by atoms with E-state index in [0.717, 1.165) is 4.57 Å². The molecule has 0 unspecified atom stereocenters. The molecule has 0 fully saturated rings. The maximum Gasteiger partial charge on any atom is 0.0645 e. The van der Waals surface area contributed by atoms with Crippen LogP contribution in [-0.2, 0) is 0 Å². The molecule has 0 amide bonds. The lowest BCUT2D eigenvalue weighted by Gasteiger charge is -2.27. The molecule has 2 heterocycles. The highest BCUT2D eigenvalue weighted by atomic mass is 32.1. The van der Waals surface area contributed by atoms with Crippen LogP contribution in [0.5, 0.6) is 0 Å². The average molecular weight is 701 g/mol. The van der Waals surface area contributed by atoms with E-state index >= 15 is 0 Å². The van der Waals surface area contributed by atoms with Gasteiger partial charge in [0.1, 0.15) is 0 Å². The summed E-state index contributed by atoms with van der Waals surface area (Å²) in [6.45, 7) is 0. The molecule has 10 rings (SSSR count). The Hall–Kier alpha value is -6.42. The molecule has 3 heteroatoms. The van der Waals surface area contributed by atoms with Crippen LogP contribution < -0.4 is 4.90 Å². The summed E-state index contributed by atoms with van der Waals surface area (Å²) in [5.41, 5.74) is -8.40. The lowest BCUT2D eigenvalue weighted by Crippen LogP contribution is -2.10. The second-order valence-corrected chi connectivity index (χ2v) is 11.5. The minimum Gasteiger partial charge on any atom is -0.310 e. The smallest absolute Gasteiger partial charge is 0.0645 e. The van der Waals surface area contributed by atoms with Gasteiger partial charge in [-0.25, -0.2) is 0 Å². The zero-order valence-corrected chi connectivity index (χ0v) is 26.1. The number of fused-ring (bicyclic) bond motifs is 6. The quantitative estimate of drug-likeness (QED) is 0.168. The van der Waals surface area contributed by atoms with Crippen molar-refractivity contribution in [3.63, 3.8) is 0 Å². The van der Waals surface area contributed by atoms with E-state index in [1.54, 1.807) is 0 Å². The van der Waals surface area contributed by atoms with Gasteiger partial charge in [0.2, 0.25) is 0 Å². The van der Waals surface area contributed by atoms with Gasteiger partial charge in [0.15, 0.2) is 0 Å². The Morgan fingerprint density at radius 3 is 1.65 bits per heavy atom. The van der Waals surface area contributed by atoms with Gasteiger partial charge in [0, 0.05) is 48.0 Å². The van der Waals surface area contributed by atoms with Gasteiger partial charge in [-0.15, -0.1) is 11.3 Å². The van der Waals surface area contributed by atoms with Crippen LogP contribution in [0, 0.1) is 0 Å². The Morgan fingerprint density at radius 2 is 0.961 bits per heavy atom. The van der Waals surface area contributed by atoms with Crippen molar-refractivity contribution in [2.45, 2.75) is 0 Å². The van der Waals surface area contributed by atoms with E-state index in [4.69, 9.17) is 26.0 Å². The molecule has 10 aromatic rings. The van der Waals surface area contributed by atoms with E-state index in [9.17, 15) is 17.8 Å². The summed E-state index contributed by atoms with van der Waals surface area (Å²) in [6, 6.07) is -31.8. The van der Waals surface area contributed by atoms with E-state index in [-0.39, 0.29) is 0 Å². The van der Waals surface area contributed by atoms with E-state index < -0.39 is 280 Å². The average Bonchev–Trinajstić information content (AvgIpc) is 1.73. The molecule has 2 nitrogen and oxygen atoms in total. The van der Waals surface area contributed by atoms with Crippen LogP contribution in [0.3, 0.4) is 0 Å². The molecule has 0 saturated carbocycles. The molecule has 0 bridgehead atoms. The summed E-state index contributed by atoms with van der Waals surface area (Å²) in [6.07, 6.45) is 0. The van der Waals surface area contributed by atoms with Gasteiger partial charge in [0.25, 0.3) is 0 Å². The highest BCUT2D eigenvalue weighted by Crippen LogP contribution is 2.48. The van der Waals surface area contributed by atoms with Gasteiger partial charge in [0.05, 0.1) is 60.6 Å². The normalized spacial score (nSPS) is 20.3. The molecule has 0 aliphatic carbocycles. The maximum atomic E-state index is 9.96. The summed E-state index contributed by atoms with van der Waals surface area (Å²) >= 11 is 0.416. The third-order valence-electron chi connectivity index (χ3n) is 7.74. The zero-order chi connectivity index (χ0) is 61.6. The van der Waals surface area contributed by atoms with Gasteiger partial charge >= 0.3 is 0 Å². The van der Waals surface area contributed by atoms with Crippen molar-refractivity contribution >= 4 is 70.4 Å². The van der Waals surface area contributed by atoms with E-state index in [1.165, 1.54) is 0 Å². The van der Waals surface area contributed by atoms with Crippen molar-refractivity contribution in [2.75, 3.05) is 4.90 Å². The van der Waals surface area contributed by atoms with Crippen LogP contribution >= 0.6 is 11.3 Å². The monoisotopic (exact) mass is 700 g/mol. The Balaban J connectivity index is 1.42. The Bertz CT molecular complexity index is 4520. The van der Waals surface area contributed by atoms with Gasteiger partial charge in [-0.3, -0.25) is 0 Å². The molecule has 240 valence electrons. The number of rotatable bonds is 6. The minimum absolute atomic E-state index is 0.406. The first-order valence-electron chi connectivity index (χ1n) is 30.7. The fourth-order valence-corrected chi connectivity index (χ4v) is 6.72. The molecular weight excluding hydrogens is 637 g/mol. The SMILES string of the molecule is [2H]c1c([2H])c([2H])c(-c2c([2H])c([2H])c(N(c3c([2H])c([2H])c([2H])c([2H])c3[2H])c3c([2H])c([2H])c(-c4c([2H])c([2H])c(-n5c6c([2H])c([2H])c([2H])c([2H])c6c6c([2H])c([2H])c([2H])c([2H])c65)c([2H])c4[2H])c4sc5c([2H])c([2H])c([2H])c([2H])c5c34)c([2H])c2[2H])c([2H])c1[2H]. The summed E-state index contributed by atoms with van der Waals surface area (Å²) in [5, 5.41) is -2.18. The largest absolute Gasteiger partial charge is 0.310 e. The second-order valence-electron chi connectivity index (χ2n) is 10.5. The van der Waals surface area contributed by atoms with Gasteiger partial charge in [-0.05, 0) is 82.7 Å². The molecule has 0 N–H and O–H groups in total. The first-order valence-corrected chi connectivity index (χ1v) is 15.6. The third kappa shape index (κ3) is 4.93. The first-order chi connectivity index (χ1) is 38.6. The van der Waals surface area contributed by atoms with Crippen molar-refractivity contribution < 1.29 is 43.9 Å². The van der Waals surface area contributed by atoms with Crippen LogP contribution in [-0.4, -0.2) is 4.57 Å². The number of benzene rings is 8. The lowest BCUT2D eigenvalue weighted by atomic mass is 9.99. The van der Waals surface area contributed by atoms with Gasteiger partial charge in [-0.1, -0.05) is 133 Å². The van der Waals surface area contributed by atoms with E-state index in [0.29, 0.717) is 16.2 Å². The van der Waals surface area contributed by atoms with E-state index in [1.807, 2.05) is 0 Å². The number of anilines is 3. The van der Waals surface area contributed by atoms with Crippen molar-refractivity contribution in [2.24, 2.45) is 0 Å². The van der Waals surface area contributed by atoms with Gasteiger partial charge < -0.3 is 9.47 Å². The topological polar surface area (TPSA) is 8.17 Å². The fraction of sp³-hybridized carbons (Fsp3) is 0. The summed E-state index contributed by atoms with van der Waals surface area (Å²) in [5.74, 6) is 0. The number of thiophene rings is 1. The van der Waals surface area contributed by atoms with Crippen molar-refractivity contribution in [3.8, 4) is 27.9 Å². The Labute approximate surface area is 345 Å². The highest BCUT2D eigenvalue weighted by molar-refractivity contribution is 7.26. The highest BCUT2D eigenvalue weighted by Gasteiger charge is 2.21. The predicted molar refractivity (Wildman–Crippen MR) is 219 cm³/mol. The molecule has 8 aromatic carbocycles. The standard InChI is InChI=1S/C48H32N2S/c1-3-13-33(14-4-1)34-23-27-37(28-24-34)49(36-15-5-2-6-16-36)45-32-31-39(48-47(45)42-19-9-12-22-46(42)51-48)35-25-29-38(30-26-35)50-43-20-10-7-17-40(43)41-18-8-11-21-44(41)50/h1-32H/i1D,2D,3D,4D,5D,6D,7D,8D,9D,10D,11D,12D,13D,14D,15D,16D,17D,18D,19D,20D,21D,22D,23D,24D,25D,26D,27D,28D,29D,30D,31D,32D. The van der Waals surface area contributed by atoms with Crippen LogP contribution in [0.2, 0.25) is 0 Å². The van der Waals surface area contributed by atoms with Crippen LogP contribution in [0.4, 0.5) is 17.1 Å². The summed E-state index contributed by atoms with van der Waals surface area (Å²) in [7, 11) is 0. The summed E-state index contributed by atoms with van der Waals surface area (Å²) < 4.78 is 287. The molecule has 0 radical (unpaired) electrons. The van der Waals surface area contributed by atoms with Crippen molar-refractivity contribution in [1.82, 2.24) is 4.57 Å². The molecule has 0 saturated heterocycles. The number of aromatic nitrogens is 1. The number of hydrogen-bond donors (Lipinski definition) is 0. The Kier molecular flexibility index (Phi) is 2.76. The van der Waals surface area contributed by atoms with E-state index in [2.05, 4.69) is 0 Å². The molecule has 0 aliphatic heterocycles. The number of hydrogen-bond acceptors (Lipinski definition) is 2. The molecule has 0 aliphatic rings. The second kappa shape index (κ2) is 12.2. The van der Waals surface area contributed by atoms with Crippen LogP contribution in [0.15, 0.2) is 193 Å². The predicted octanol–water partition coefficient (Wildman–Crippen LogP) is 14.0. The first kappa shape index (κ1) is 11.6. The van der Waals surface area contributed by atoms with Crippen molar-refractivity contribution in [1.29, 1.82) is 0 Å². The van der Waals surface area contributed by atoms with Crippen LogP contribution in [0.1, 0.15) is 43.9 Å². The molecule has 2 aromatic heterocycles. The molecule has 0 atom stereocenters. The number of para-hydroxylation sites is 3. The van der Waals surface area contributed by atoms with Crippen LogP contribution in [0.25, 0.3) is 69.9 Å². The Morgan fingerprint density at radius 1 is 0.431 bits per heavy atom. The fourth-order valence-electron chi connectivity index (χ4n) is 5.60. The van der Waals surface area contributed by atoms with Gasteiger partial charge in [-0.2, -0.15) is 0 Å². The lowest BCUT2D eigenvalue weighted by molar-refractivity contribution is 1.18. The maximum absolute atomic E-state index is 9.96. The third-order valence-corrected chi connectivity index (χ3v) is 8.86. The van der Waals surface area contributed by atoms with Crippen molar-refractivity contribution in [3.05, 3.63) is 193 Å². The summed E-state index contributed by atoms with van der Waals surface area (Å²) in [4.78, 5) is 0.455. The zero-order valence-electron chi connectivity index (χ0n) is 57.3. The number of nitrogens with zero attached hydrogens (tertiary/aromatic N) is 2.